The summed E-state index contributed by atoms with van der Waals surface area (Å²) in [6, 6.07) is 10.5. The zero-order chi connectivity index (χ0) is 16.7. The Kier molecular flexibility index (Phi) is 5.48. The van der Waals surface area contributed by atoms with Gasteiger partial charge in [-0.3, -0.25) is 0 Å². The van der Waals surface area contributed by atoms with Crippen LogP contribution in [0.15, 0.2) is 41.4 Å². The van der Waals surface area contributed by atoms with Gasteiger partial charge in [0.15, 0.2) is 0 Å². The van der Waals surface area contributed by atoms with Crippen LogP contribution in [0.1, 0.15) is 16.7 Å². The summed E-state index contributed by atoms with van der Waals surface area (Å²) in [5.41, 5.74) is 2.84. The number of rotatable bonds is 6. The molecule has 0 saturated heterocycles. The number of isocyanates is 1. The molecule has 0 unspecified atom stereocenters. The molecule has 0 aliphatic rings. The van der Waals surface area contributed by atoms with Gasteiger partial charge in [0.1, 0.15) is 17.2 Å². The summed E-state index contributed by atoms with van der Waals surface area (Å²) < 4.78 is 9.99. The number of benzene rings is 2. The van der Waals surface area contributed by atoms with Crippen LogP contribution < -0.4 is 9.47 Å². The van der Waals surface area contributed by atoms with Gasteiger partial charge in [-0.25, -0.2) is 4.79 Å². The molecule has 2 aromatic carbocycles. The number of aliphatic imine (C=N–C) groups is 1. The normalized spacial score (nSPS) is 9.61. The maximum Gasteiger partial charge on any atom is 0.292 e. The first-order chi connectivity index (χ1) is 11.2. The molecular formula is C17H14N2O4. The first-order valence-corrected chi connectivity index (χ1v) is 6.75. The smallest absolute Gasteiger partial charge is 0.292 e. The number of carbonyl (C=O) groups excluding carboxylic acids is 1. The van der Waals surface area contributed by atoms with E-state index in [1.807, 2.05) is 12.1 Å². The summed E-state index contributed by atoms with van der Waals surface area (Å²) in [6.45, 7) is -0.221. The van der Waals surface area contributed by atoms with E-state index in [9.17, 15) is 9.90 Å². The molecule has 0 saturated carbocycles. The Morgan fingerprint density at radius 1 is 1.17 bits per heavy atom. The number of methoxy groups -OCH3 is 1. The van der Waals surface area contributed by atoms with Crippen LogP contribution in [0.2, 0.25) is 0 Å². The van der Waals surface area contributed by atoms with Gasteiger partial charge < -0.3 is 14.6 Å². The van der Waals surface area contributed by atoms with Gasteiger partial charge in [0, 0.05) is 5.56 Å². The quantitative estimate of drug-likeness (QED) is 0.503. The third-order valence-electron chi connectivity index (χ3n) is 3.27. The molecule has 0 bridgehead atoms. The van der Waals surface area contributed by atoms with E-state index >= 15 is 0 Å². The standard InChI is InChI=1S/C17H14N2O4/c1-22-17-8-13(2-4-15(17)19-11-21)6-12-3-5-16(23-10-18)14(7-12)9-20/h2-5,7-8,20H,6,9H2,1H3. The summed E-state index contributed by atoms with van der Waals surface area (Å²) in [6.07, 6.45) is 3.66. The molecule has 0 atom stereocenters. The maximum absolute atomic E-state index is 10.4. The second kappa shape index (κ2) is 7.76. The molecule has 1 N–H and O–H groups in total. The van der Waals surface area contributed by atoms with Crippen LogP contribution in [-0.4, -0.2) is 18.3 Å². The van der Waals surface area contributed by atoms with Crippen molar-refractivity contribution in [3.05, 3.63) is 53.1 Å². The minimum absolute atomic E-state index is 0.221. The first-order valence-electron chi connectivity index (χ1n) is 6.75. The SMILES string of the molecule is COc1cc(Cc2ccc(OC#N)c(CO)c2)ccc1N=C=O. The Morgan fingerprint density at radius 2 is 1.91 bits per heavy atom. The zero-order valence-corrected chi connectivity index (χ0v) is 12.4. The van der Waals surface area contributed by atoms with Crippen molar-refractivity contribution in [2.45, 2.75) is 13.0 Å². The average Bonchev–Trinajstić information content (AvgIpc) is 2.58. The third kappa shape index (κ3) is 3.95. The molecular weight excluding hydrogens is 296 g/mol. The number of nitriles is 1. The molecule has 23 heavy (non-hydrogen) atoms. The zero-order valence-electron chi connectivity index (χ0n) is 12.4. The average molecular weight is 310 g/mol. The van der Waals surface area contributed by atoms with Crippen LogP contribution in [0.5, 0.6) is 11.5 Å². The van der Waals surface area contributed by atoms with Gasteiger partial charge in [-0.2, -0.15) is 4.99 Å². The van der Waals surface area contributed by atoms with E-state index < -0.39 is 0 Å². The molecule has 6 heteroatoms. The van der Waals surface area contributed by atoms with E-state index in [0.29, 0.717) is 29.2 Å². The van der Waals surface area contributed by atoms with Crippen molar-refractivity contribution in [3.8, 4) is 17.8 Å². The highest BCUT2D eigenvalue weighted by molar-refractivity contribution is 5.59. The first kappa shape index (κ1) is 16.2. The van der Waals surface area contributed by atoms with Crippen LogP contribution >= 0.6 is 0 Å². The number of ether oxygens (including phenoxy) is 2. The summed E-state index contributed by atoms with van der Waals surface area (Å²) in [5, 5.41) is 17.9. The van der Waals surface area contributed by atoms with E-state index in [1.54, 1.807) is 30.5 Å². The van der Waals surface area contributed by atoms with Crippen molar-refractivity contribution >= 4 is 11.8 Å². The molecule has 0 aliphatic heterocycles. The molecule has 0 heterocycles. The highest BCUT2D eigenvalue weighted by Gasteiger charge is 2.08. The van der Waals surface area contributed by atoms with Gasteiger partial charge in [-0.15, -0.1) is 5.26 Å². The predicted molar refractivity (Wildman–Crippen MR) is 82.2 cm³/mol. The van der Waals surface area contributed by atoms with Gasteiger partial charge in [0.25, 0.3) is 6.26 Å². The van der Waals surface area contributed by atoms with Gasteiger partial charge >= 0.3 is 0 Å². The topological polar surface area (TPSA) is 91.9 Å². The van der Waals surface area contributed by atoms with E-state index in [-0.39, 0.29) is 6.61 Å². The number of aliphatic hydroxyl groups excluding tert-OH is 1. The molecule has 0 aliphatic carbocycles. The lowest BCUT2D eigenvalue weighted by molar-refractivity contribution is 0.277. The number of nitrogens with zero attached hydrogens (tertiary/aromatic N) is 2. The summed E-state index contributed by atoms with van der Waals surface area (Å²) >= 11 is 0. The fourth-order valence-corrected chi connectivity index (χ4v) is 2.22. The monoisotopic (exact) mass is 310 g/mol. The largest absolute Gasteiger partial charge is 0.494 e. The predicted octanol–water partition coefficient (Wildman–Crippen LogP) is 2.61. The Balaban J connectivity index is 2.28. The summed E-state index contributed by atoms with van der Waals surface area (Å²) in [7, 11) is 1.50. The van der Waals surface area contributed by atoms with Crippen LogP contribution in [0.4, 0.5) is 5.69 Å². The minimum Gasteiger partial charge on any atom is -0.494 e. The van der Waals surface area contributed by atoms with E-state index in [0.717, 1.165) is 11.1 Å². The molecule has 116 valence electrons. The van der Waals surface area contributed by atoms with Crippen molar-refractivity contribution in [2.24, 2.45) is 4.99 Å². The van der Waals surface area contributed by atoms with E-state index in [2.05, 4.69) is 4.99 Å². The van der Waals surface area contributed by atoms with Crippen LogP contribution in [-0.2, 0) is 17.8 Å². The van der Waals surface area contributed by atoms with Crippen LogP contribution in [0, 0.1) is 11.5 Å². The number of aliphatic hydroxyl groups is 1. The van der Waals surface area contributed by atoms with E-state index in [4.69, 9.17) is 14.7 Å². The third-order valence-corrected chi connectivity index (χ3v) is 3.27. The maximum atomic E-state index is 10.4. The number of hydrogen-bond donors (Lipinski definition) is 1. The van der Waals surface area contributed by atoms with Gasteiger partial charge in [0.2, 0.25) is 6.08 Å². The lowest BCUT2D eigenvalue weighted by Gasteiger charge is -2.09. The molecule has 0 amide bonds. The second-order valence-corrected chi connectivity index (χ2v) is 4.68. The summed E-state index contributed by atoms with van der Waals surface area (Å²) in [5.74, 6) is 0.824. The van der Waals surface area contributed by atoms with Crippen molar-refractivity contribution in [2.75, 3.05) is 7.11 Å². The fourth-order valence-electron chi connectivity index (χ4n) is 2.22. The Morgan fingerprint density at radius 3 is 2.57 bits per heavy atom. The highest BCUT2D eigenvalue weighted by atomic mass is 16.5. The molecule has 0 radical (unpaired) electrons. The number of hydrogen-bond acceptors (Lipinski definition) is 6. The van der Waals surface area contributed by atoms with Gasteiger partial charge in [0.05, 0.1) is 13.7 Å². The Bertz CT molecular complexity index is 790. The molecule has 2 aromatic rings. The van der Waals surface area contributed by atoms with Gasteiger partial charge in [-0.05, 0) is 41.8 Å². The molecule has 0 spiro atoms. The second-order valence-electron chi connectivity index (χ2n) is 4.68. The Labute approximate surface area is 133 Å². The van der Waals surface area contributed by atoms with Crippen molar-refractivity contribution in [1.82, 2.24) is 0 Å². The van der Waals surface area contributed by atoms with Crippen molar-refractivity contribution < 1.29 is 19.4 Å². The minimum atomic E-state index is -0.221. The molecule has 6 nitrogen and oxygen atoms in total. The van der Waals surface area contributed by atoms with E-state index in [1.165, 1.54) is 13.2 Å². The lowest BCUT2D eigenvalue weighted by Crippen LogP contribution is -1.95. The van der Waals surface area contributed by atoms with Crippen LogP contribution in [0.3, 0.4) is 0 Å². The molecule has 0 aromatic heterocycles. The lowest BCUT2D eigenvalue weighted by atomic mass is 10.0. The van der Waals surface area contributed by atoms with Gasteiger partial charge in [-0.1, -0.05) is 12.1 Å². The highest BCUT2D eigenvalue weighted by Crippen LogP contribution is 2.29. The van der Waals surface area contributed by atoms with Crippen molar-refractivity contribution in [3.63, 3.8) is 0 Å². The summed E-state index contributed by atoms with van der Waals surface area (Å²) in [4.78, 5) is 13.9. The Hall–Kier alpha value is -3.13. The molecule has 2 rings (SSSR count). The molecule has 0 fully saturated rings. The van der Waals surface area contributed by atoms with Crippen molar-refractivity contribution in [1.29, 1.82) is 5.26 Å². The fraction of sp³-hybridized carbons (Fsp3) is 0.176. The van der Waals surface area contributed by atoms with Crippen LogP contribution in [0.25, 0.3) is 0 Å².